The molecule has 2 rings (SSSR count). The van der Waals surface area contributed by atoms with E-state index < -0.39 is 0 Å². The van der Waals surface area contributed by atoms with Crippen LogP contribution >= 0.6 is 0 Å². The highest BCUT2D eigenvalue weighted by molar-refractivity contribution is 5.79. The molecule has 0 bridgehead atoms. The molecular weight excluding hydrogens is 202 g/mol. The molecule has 1 unspecified atom stereocenters. The number of rotatable bonds is 5. The van der Waals surface area contributed by atoms with Gasteiger partial charge in [-0.2, -0.15) is 0 Å². The number of nitrogens with zero attached hydrogens (tertiary/aromatic N) is 1. The van der Waals surface area contributed by atoms with Gasteiger partial charge in [0.05, 0.1) is 5.92 Å². The zero-order valence-corrected chi connectivity index (χ0v) is 9.23. The number of hydrogen-bond donors (Lipinski definition) is 2. The number of pyridine rings is 1. The van der Waals surface area contributed by atoms with Gasteiger partial charge in [0.1, 0.15) is 0 Å². The van der Waals surface area contributed by atoms with Gasteiger partial charge in [0.25, 0.3) is 0 Å². The summed E-state index contributed by atoms with van der Waals surface area (Å²) in [6.07, 6.45) is 6.39. The summed E-state index contributed by atoms with van der Waals surface area (Å²) >= 11 is 0. The van der Waals surface area contributed by atoms with Crippen LogP contribution in [0.4, 0.5) is 0 Å². The lowest BCUT2D eigenvalue weighted by Crippen LogP contribution is -2.37. The van der Waals surface area contributed by atoms with Gasteiger partial charge < -0.3 is 11.1 Å². The van der Waals surface area contributed by atoms with E-state index in [9.17, 15) is 4.79 Å². The van der Waals surface area contributed by atoms with E-state index in [1.807, 2.05) is 12.1 Å². The molecule has 1 aliphatic rings. The second kappa shape index (κ2) is 5.07. The van der Waals surface area contributed by atoms with E-state index in [-0.39, 0.29) is 11.8 Å². The average Bonchev–Trinajstić information content (AvgIpc) is 3.11. The Balaban J connectivity index is 1.91. The molecule has 0 aliphatic heterocycles. The number of amides is 1. The van der Waals surface area contributed by atoms with E-state index in [4.69, 9.17) is 5.73 Å². The Morgan fingerprint density at radius 1 is 1.50 bits per heavy atom. The molecule has 3 N–H and O–H groups in total. The Morgan fingerprint density at radius 2 is 2.19 bits per heavy atom. The lowest BCUT2D eigenvalue weighted by molar-refractivity contribution is -0.124. The highest BCUT2D eigenvalue weighted by Gasteiger charge is 2.26. The molecular formula is C12H17N3O. The molecule has 0 saturated heterocycles. The highest BCUT2D eigenvalue weighted by atomic mass is 16.2. The largest absolute Gasteiger partial charge is 0.353 e. The van der Waals surface area contributed by atoms with Crippen LogP contribution in [0.25, 0.3) is 0 Å². The summed E-state index contributed by atoms with van der Waals surface area (Å²) in [6, 6.07) is 4.25. The van der Waals surface area contributed by atoms with Crippen molar-refractivity contribution in [2.24, 2.45) is 11.7 Å². The summed E-state index contributed by atoms with van der Waals surface area (Å²) in [7, 11) is 0. The minimum Gasteiger partial charge on any atom is -0.353 e. The van der Waals surface area contributed by atoms with Crippen LogP contribution in [-0.2, 0) is 11.2 Å². The fourth-order valence-electron chi connectivity index (χ4n) is 1.63. The van der Waals surface area contributed by atoms with Crippen LogP contribution in [0.3, 0.4) is 0 Å². The molecule has 1 aromatic rings. The molecule has 16 heavy (non-hydrogen) atoms. The normalized spacial score (nSPS) is 16.8. The minimum atomic E-state index is -0.122. The number of hydrogen-bond acceptors (Lipinski definition) is 3. The average molecular weight is 219 g/mol. The van der Waals surface area contributed by atoms with Crippen LogP contribution in [0.5, 0.6) is 0 Å². The molecule has 1 fully saturated rings. The molecule has 4 nitrogen and oxygen atoms in total. The molecule has 1 saturated carbocycles. The number of carbonyl (C=O) groups is 1. The SMILES string of the molecule is NCC(Cc1ccncc1)C(=O)NC1CC1. The highest BCUT2D eigenvalue weighted by Crippen LogP contribution is 2.19. The van der Waals surface area contributed by atoms with E-state index in [0.29, 0.717) is 19.0 Å². The second-order valence-corrected chi connectivity index (χ2v) is 4.28. The van der Waals surface area contributed by atoms with Crippen molar-refractivity contribution >= 4 is 5.91 Å². The molecule has 4 heteroatoms. The van der Waals surface area contributed by atoms with E-state index in [0.717, 1.165) is 18.4 Å². The van der Waals surface area contributed by atoms with Crippen LogP contribution in [-0.4, -0.2) is 23.5 Å². The summed E-state index contributed by atoms with van der Waals surface area (Å²) in [5.41, 5.74) is 6.75. The predicted octanol–water partition coefficient (Wildman–Crippen LogP) is 0.478. The van der Waals surface area contributed by atoms with Crippen molar-refractivity contribution in [3.63, 3.8) is 0 Å². The third kappa shape index (κ3) is 3.03. The number of carbonyl (C=O) groups excluding carboxylic acids is 1. The van der Waals surface area contributed by atoms with Crippen LogP contribution < -0.4 is 11.1 Å². The summed E-state index contributed by atoms with van der Waals surface area (Å²) in [6.45, 7) is 0.390. The number of nitrogens with two attached hydrogens (primary N) is 1. The van der Waals surface area contributed by atoms with E-state index >= 15 is 0 Å². The maximum atomic E-state index is 11.8. The maximum Gasteiger partial charge on any atom is 0.224 e. The smallest absolute Gasteiger partial charge is 0.224 e. The molecule has 1 atom stereocenters. The van der Waals surface area contributed by atoms with Gasteiger partial charge in [-0.25, -0.2) is 0 Å². The molecule has 1 amide bonds. The van der Waals surface area contributed by atoms with Crippen LogP contribution in [0.2, 0.25) is 0 Å². The summed E-state index contributed by atoms with van der Waals surface area (Å²) < 4.78 is 0. The van der Waals surface area contributed by atoms with Gasteiger partial charge >= 0.3 is 0 Å². The molecule has 1 aliphatic carbocycles. The van der Waals surface area contributed by atoms with Crippen molar-refractivity contribution in [2.75, 3.05) is 6.54 Å². The van der Waals surface area contributed by atoms with Gasteiger partial charge in [-0.05, 0) is 37.0 Å². The van der Waals surface area contributed by atoms with Crippen molar-refractivity contribution in [1.29, 1.82) is 0 Å². The predicted molar refractivity (Wildman–Crippen MR) is 61.7 cm³/mol. The van der Waals surface area contributed by atoms with Gasteiger partial charge in [-0.3, -0.25) is 9.78 Å². The third-order valence-electron chi connectivity index (χ3n) is 2.81. The zero-order valence-electron chi connectivity index (χ0n) is 9.23. The van der Waals surface area contributed by atoms with Crippen molar-refractivity contribution in [2.45, 2.75) is 25.3 Å². The minimum absolute atomic E-state index is 0.0850. The van der Waals surface area contributed by atoms with Crippen LogP contribution in [0.1, 0.15) is 18.4 Å². The maximum absolute atomic E-state index is 11.8. The van der Waals surface area contributed by atoms with Gasteiger partial charge in [-0.15, -0.1) is 0 Å². The zero-order chi connectivity index (χ0) is 11.4. The Bertz CT molecular complexity index is 349. The Morgan fingerprint density at radius 3 is 2.75 bits per heavy atom. The first kappa shape index (κ1) is 11.1. The Labute approximate surface area is 95.3 Å². The molecule has 0 radical (unpaired) electrons. The van der Waals surface area contributed by atoms with Gasteiger partial charge in [0.2, 0.25) is 5.91 Å². The molecule has 1 aromatic heterocycles. The Hall–Kier alpha value is -1.42. The quantitative estimate of drug-likeness (QED) is 0.756. The van der Waals surface area contributed by atoms with Crippen molar-refractivity contribution in [3.05, 3.63) is 30.1 Å². The fourth-order valence-corrected chi connectivity index (χ4v) is 1.63. The molecule has 1 heterocycles. The van der Waals surface area contributed by atoms with Crippen LogP contribution in [0.15, 0.2) is 24.5 Å². The summed E-state index contributed by atoms with van der Waals surface area (Å²) in [5.74, 6) is -0.0372. The monoisotopic (exact) mass is 219 g/mol. The number of nitrogens with one attached hydrogen (secondary N) is 1. The van der Waals surface area contributed by atoms with Crippen LogP contribution in [0, 0.1) is 5.92 Å². The number of aromatic nitrogens is 1. The lowest BCUT2D eigenvalue weighted by Gasteiger charge is -2.14. The van der Waals surface area contributed by atoms with Gasteiger partial charge in [0.15, 0.2) is 0 Å². The lowest BCUT2D eigenvalue weighted by atomic mass is 9.99. The van der Waals surface area contributed by atoms with E-state index in [2.05, 4.69) is 10.3 Å². The molecule has 86 valence electrons. The van der Waals surface area contributed by atoms with Crippen molar-refractivity contribution in [1.82, 2.24) is 10.3 Å². The first-order valence-corrected chi connectivity index (χ1v) is 5.69. The topological polar surface area (TPSA) is 68.0 Å². The van der Waals surface area contributed by atoms with Crippen molar-refractivity contribution in [3.8, 4) is 0 Å². The van der Waals surface area contributed by atoms with Gasteiger partial charge in [-0.1, -0.05) is 0 Å². The second-order valence-electron chi connectivity index (χ2n) is 4.28. The summed E-state index contributed by atoms with van der Waals surface area (Å²) in [5, 5.41) is 2.99. The molecule has 0 aromatic carbocycles. The van der Waals surface area contributed by atoms with E-state index in [1.165, 1.54) is 0 Å². The summed E-state index contributed by atoms with van der Waals surface area (Å²) in [4.78, 5) is 15.8. The fraction of sp³-hybridized carbons (Fsp3) is 0.500. The van der Waals surface area contributed by atoms with Gasteiger partial charge in [0, 0.05) is 25.0 Å². The standard InChI is InChI=1S/C12H17N3O/c13-8-10(12(16)15-11-1-2-11)7-9-3-5-14-6-4-9/h3-6,10-11H,1-2,7-8,13H2,(H,15,16). The van der Waals surface area contributed by atoms with E-state index in [1.54, 1.807) is 12.4 Å². The molecule has 0 spiro atoms. The first-order valence-electron chi connectivity index (χ1n) is 5.69. The third-order valence-corrected chi connectivity index (χ3v) is 2.81. The first-order chi connectivity index (χ1) is 7.79. The Kier molecular flexibility index (Phi) is 3.51. The van der Waals surface area contributed by atoms with Crippen molar-refractivity contribution < 1.29 is 4.79 Å².